The van der Waals surface area contributed by atoms with Gasteiger partial charge in [0.15, 0.2) is 6.10 Å². The molecule has 28 heavy (non-hydrogen) atoms. The number of esters is 1. The third-order valence-corrected chi connectivity index (χ3v) is 4.19. The second-order valence-electron chi connectivity index (χ2n) is 6.18. The van der Waals surface area contributed by atoms with E-state index < -0.39 is 23.9 Å². The quantitative estimate of drug-likeness (QED) is 0.532. The van der Waals surface area contributed by atoms with Gasteiger partial charge >= 0.3 is 17.8 Å². The molecule has 2 aromatic carbocycles. The molecule has 0 aliphatic heterocycles. The summed E-state index contributed by atoms with van der Waals surface area (Å²) in [5, 5.41) is 10.8. The minimum Gasteiger partial charge on any atom is -0.507 e. The molecule has 0 saturated carbocycles. The van der Waals surface area contributed by atoms with Gasteiger partial charge < -0.3 is 14.3 Å². The van der Waals surface area contributed by atoms with E-state index in [1.807, 2.05) is 0 Å². The van der Waals surface area contributed by atoms with Gasteiger partial charge in [-0.2, -0.15) is 13.2 Å². The Balaban J connectivity index is 1.81. The Morgan fingerprint density at radius 3 is 2.43 bits per heavy atom. The largest absolute Gasteiger partial charge is 0.507 e. The molecule has 1 heterocycles. The minimum atomic E-state index is -4.64. The number of ether oxygens (including phenoxy) is 1. The first-order chi connectivity index (χ1) is 13.2. The van der Waals surface area contributed by atoms with E-state index >= 15 is 0 Å². The molecule has 1 atom stereocenters. The SMILES string of the molecule is C[C@@H](OC(=O)c1ccc(Cc2c(O)c3ccccc3oc2=O)cc1)C(F)(F)F. The molecule has 146 valence electrons. The van der Waals surface area contributed by atoms with E-state index in [2.05, 4.69) is 4.74 Å². The molecule has 0 radical (unpaired) electrons. The Bertz CT molecular complexity index is 1070. The number of halogens is 3. The number of aromatic hydroxyl groups is 1. The van der Waals surface area contributed by atoms with Crippen molar-refractivity contribution in [2.24, 2.45) is 0 Å². The molecular formula is C20H15F3O5. The van der Waals surface area contributed by atoms with Crippen LogP contribution < -0.4 is 5.63 Å². The molecule has 1 aromatic heterocycles. The number of carbonyl (C=O) groups excluding carboxylic acids is 1. The summed E-state index contributed by atoms with van der Waals surface area (Å²) in [5.74, 6) is -1.31. The van der Waals surface area contributed by atoms with Gasteiger partial charge in [-0.3, -0.25) is 0 Å². The van der Waals surface area contributed by atoms with Crippen LogP contribution in [0.3, 0.4) is 0 Å². The number of hydrogen-bond acceptors (Lipinski definition) is 5. The Morgan fingerprint density at radius 2 is 1.79 bits per heavy atom. The van der Waals surface area contributed by atoms with E-state index in [9.17, 15) is 27.9 Å². The van der Waals surface area contributed by atoms with Gasteiger partial charge in [0.25, 0.3) is 0 Å². The third-order valence-electron chi connectivity index (χ3n) is 4.19. The molecule has 0 fully saturated rings. The fourth-order valence-electron chi connectivity index (χ4n) is 2.59. The van der Waals surface area contributed by atoms with Gasteiger partial charge in [0.1, 0.15) is 11.3 Å². The first kappa shape index (κ1) is 19.5. The second-order valence-corrected chi connectivity index (χ2v) is 6.18. The Labute approximate surface area is 157 Å². The topological polar surface area (TPSA) is 76.7 Å². The molecule has 0 saturated heterocycles. The maximum Gasteiger partial charge on any atom is 0.425 e. The fraction of sp³-hybridized carbons (Fsp3) is 0.200. The lowest BCUT2D eigenvalue weighted by molar-refractivity contribution is -0.198. The van der Waals surface area contributed by atoms with Gasteiger partial charge in [-0.15, -0.1) is 0 Å². The van der Waals surface area contributed by atoms with Gasteiger partial charge in [0, 0.05) is 6.42 Å². The van der Waals surface area contributed by atoms with Crippen LogP contribution >= 0.6 is 0 Å². The molecule has 3 rings (SSSR count). The smallest absolute Gasteiger partial charge is 0.425 e. The van der Waals surface area contributed by atoms with E-state index in [0.717, 1.165) is 6.92 Å². The van der Waals surface area contributed by atoms with Crippen LogP contribution in [0, 0.1) is 0 Å². The highest BCUT2D eigenvalue weighted by atomic mass is 19.4. The van der Waals surface area contributed by atoms with Crippen LogP contribution in [0.4, 0.5) is 13.2 Å². The Hall–Kier alpha value is -3.29. The lowest BCUT2D eigenvalue weighted by atomic mass is 10.0. The first-order valence-electron chi connectivity index (χ1n) is 8.27. The van der Waals surface area contributed by atoms with Crippen LogP contribution in [0.15, 0.2) is 57.7 Å². The highest BCUT2D eigenvalue weighted by Gasteiger charge is 2.39. The number of hydrogen-bond donors (Lipinski definition) is 1. The van der Waals surface area contributed by atoms with Crippen molar-refractivity contribution in [1.29, 1.82) is 0 Å². The molecule has 0 spiro atoms. The minimum absolute atomic E-state index is 0.0211. The zero-order valence-electron chi connectivity index (χ0n) is 14.6. The van der Waals surface area contributed by atoms with E-state index in [-0.39, 0.29) is 28.9 Å². The third kappa shape index (κ3) is 4.00. The van der Waals surface area contributed by atoms with Gasteiger partial charge in [-0.25, -0.2) is 9.59 Å². The number of benzene rings is 2. The summed E-state index contributed by atoms with van der Waals surface area (Å²) >= 11 is 0. The van der Waals surface area contributed by atoms with E-state index in [1.54, 1.807) is 24.3 Å². The van der Waals surface area contributed by atoms with Crippen LogP contribution in [-0.4, -0.2) is 23.4 Å². The predicted molar refractivity (Wildman–Crippen MR) is 94.3 cm³/mol. The Kier molecular flexibility index (Phi) is 5.13. The maximum atomic E-state index is 12.5. The van der Waals surface area contributed by atoms with Crippen LogP contribution in [-0.2, 0) is 11.2 Å². The van der Waals surface area contributed by atoms with Crippen molar-refractivity contribution in [2.75, 3.05) is 0 Å². The standard InChI is InChI=1S/C20H15F3O5/c1-11(20(21,22)23)27-18(25)13-8-6-12(7-9-13)10-15-17(24)14-4-2-3-5-16(14)28-19(15)26/h2-9,11,24H,10H2,1H3/t11-/m1/s1. The van der Waals surface area contributed by atoms with Crippen LogP contribution in [0.5, 0.6) is 5.75 Å². The van der Waals surface area contributed by atoms with Crippen molar-refractivity contribution in [3.8, 4) is 5.75 Å². The lowest BCUT2D eigenvalue weighted by Gasteiger charge is -2.16. The van der Waals surface area contributed by atoms with Crippen molar-refractivity contribution in [2.45, 2.75) is 25.6 Å². The van der Waals surface area contributed by atoms with Crippen molar-refractivity contribution in [1.82, 2.24) is 0 Å². The monoisotopic (exact) mass is 392 g/mol. The highest BCUT2D eigenvalue weighted by Crippen LogP contribution is 2.28. The summed E-state index contributed by atoms with van der Waals surface area (Å²) in [5.41, 5.74) is 0.0944. The van der Waals surface area contributed by atoms with Crippen LogP contribution in [0.1, 0.15) is 28.4 Å². The number of carbonyl (C=O) groups is 1. The molecule has 0 bridgehead atoms. The molecule has 8 heteroatoms. The van der Waals surface area contributed by atoms with E-state index in [0.29, 0.717) is 10.9 Å². The normalized spacial score (nSPS) is 12.7. The number of rotatable bonds is 4. The predicted octanol–water partition coefficient (Wildman–Crippen LogP) is 4.20. The molecule has 0 aliphatic carbocycles. The molecule has 0 unspecified atom stereocenters. The average molecular weight is 392 g/mol. The highest BCUT2D eigenvalue weighted by molar-refractivity contribution is 5.89. The summed E-state index contributed by atoms with van der Waals surface area (Å²) in [6.07, 6.45) is -6.84. The van der Waals surface area contributed by atoms with Gasteiger partial charge in [0.05, 0.1) is 16.5 Å². The number of para-hydroxylation sites is 1. The van der Waals surface area contributed by atoms with Crippen LogP contribution in [0.2, 0.25) is 0 Å². The maximum absolute atomic E-state index is 12.5. The van der Waals surface area contributed by atoms with Gasteiger partial charge in [-0.1, -0.05) is 24.3 Å². The average Bonchev–Trinajstić information content (AvgIpc) is 2.64. The van der Waals surface area contributed by atoms with Crippen molar-refractivity contribution in [3.63, 3.8) is 0 Å². The fourth-order valence-corrected chi connectivity index (χ4v) is 2.59. The van der Waals surface area contributed by atoms with Crippen LogP contribution in [0.25, 0.3) is 11.0 Å². The summed E-state index contributed by atoms with van der Waals surface area (Å²) in [6.45, 7) is 0.744. The van der Waals surface area contributed by atoms with Gasteiger partial charge in [-0.05, 0) is 36.8 Å². The van der Waals surface area contributed by atoms with E-state index in [4.69, 9.17) is 4.42 Å². The summed E-state index contributed by atoms with van der Waals surface area (Å²) in [4.78, 5) is 23.9. The van der Waals surface area contributed by atoms with Crippen molar-refractivity contribution < 1.29 is 32.2 Å². The molecule has 0 aliphatic rings. The second kappa shape index (κ2) is 7.38. The van der Waals surface area contributed by atoms with Crippen molar-refractivity contribution >= 4 is 16.9 Å². The van der Waals surface area contributed by atoms with E-state index in [1.165, 1.54) is 24.3 Å². The summed E-state index contributed by atoms with van der Waals surface area (Å²) in [7, 11) is 0. The van der Waals surface area contributed by atoms with Crippen molar-refractivity contribution in [3.05, 3.63) is 75.6 Å². The molecule has 0 amide bonds. The number of fused-ring (bicyclic) bond motifs is 1. The van der Waals surface area contributed by atoms with Gasteiger partial charge in [0.2, 0.25) is 0 Å². The lowest BCUT2D eigenvalue weighted by Crippen LogP contribution is -2.30. The first-order valence-corrected chi connectivity index (χ1v) is 8.27. The Morgan fingerprint density at radius 1 is 1.14 bits per heavy atom. The number of alkyl halides is 3. The molecule has 3 aromatic rings. The zero-order valence-corrected chi connectivity index (χ0v) is 14.6. The summed E-state index contributed by atoms with van der Waals surface area (Å²) < 4.78 is 47.0. The molecule has 5 nitrogen and oxygen atoms in total. The molecular weight excluding hydrogens is 377 g/mol. The molecule has 1 N–H and O–H groups in total. The summed E-state index contributed by atoms with van der Waals surface area (Å²) in [6, 6.07) is 12.0. The zero-order chi connectivity index (χ0) is 20.5.